The summed E-state index contributed by atoms with van der Waals surface area (Å²) in [5, 5.41) is 2.63. The summed E-state index contributed by atoms with van der Waals surface area (Å²) in [7, 11) is 1.26. The molecule has 0 heterocycles. The largest absolute Gasteiger partial charge is 0.467 e. The smallest absolute Gasteiger partial charge is 0.328 e. The van der Waals surface area contributed by atoms with Gasteiger partial charge in [0.25, 0.3) is 5.91 Å². The Bertz CT molecular complexity index is 570. The van der Waals surface area contributed by atoms with Gasteiger partial charge in [0.05, 0.1) is 7.11 Å². The molecule has 0 aliphatic carbocycles. The molecule has 0 spiro atoms. The number of amides is 1. The first kappa shape index (κ1) is 18.9. The Morgan fingerprint density at radius 2 is 1.70 bits per heavy atom. The fourth-order valence-corrected chi connectivity index (χ4v) is 2.10. The molecule has 0 aliphatic rings. The van der Waals surface area contributed by atoms with Gasteiger partial charge in [-0.1, -0.05) is 32.9 Å². The van der Waals surface area contributed by atoms with Crippen LogP contribution in [-0.4, -0.2) is 30.8 Å². The van der Waals surface area contributed by atoms with Crippen molar-refractivity contribution in [2.75, 3.05) is 7.11 Å². The first-order valence-electron chi connectivity index (χ1n) is 7.64. The highest BCUT2D eigenvalue weighted by atomic mass is 16.5. The molecule has 0 bridgehead atoms. The molecule has 1 N–H and O–H groups in total. The van der Waals surface area contributed by atoms with E-state index < -0.39 is 12.0 Å². The van der Waals surface area contributed by atoms with E-state index in [9.17, 15) is 14.4 Å². The van der Waals surface area contributed by atoms with Crippen LogP contribution in [0.5, 0.6) is 0 Å². The molecule has 0 fully saturated rings. The molecule has 0 radical (unpaired) electrons. The number of hydrogen-bond acceptors (Lipinski definition) is 4. The summed E-state index contributed by atoms with van der Waals surface area (Å²) < 4.78 is 4.68. The van der Waals surface area contributed by atoms with Gasteiger partial charge in [0.1, 0.15) is 11.8 Å². The number of carbonyl (C=O) groups is 3. The summed E-state index contributed by atoms with van der Waals surface area (Å²) in [6, 6.07) is 6.44. The molecule has 126 valence electrons. The van der Waals surface area contributed by atoms with Gasteiger partial charge in [-0.2, -0.15) is 0 Å². The number of rotatable bonds is 6. The lowest BCUT2D eigenvalue weighted by Gasteiger charge is -2.19. The van der Waals surface area contributed by atoms with Gasteiger partial charge in [-0.25, -0.2) is 4.79 Å². The minimum atomic E-state index is -0.821. The van der Waals surface area contributed by atoms with Crippen LogP contribution < -0.4 is 5.32 Å². The maximum Gasteiger partial charge on any atom is 0.328 e. The zero-order valence-corrected chi connectivity index (χ0v) is 14.4. The van der Waals surface area contributed by atoms with Crippen LogP contribution in [0.25, 0.3) is 0 Å². The van der Waals surface area contributed by atoms with E-state index in [1.54, 1.807) is 12.1 Å². The van der Waals surface area contributed by atoms with E-state index in [0.29, 0.717) is 5.56 Å². The van der Waals surface area contributed by atoms with Gasteiger partial charge < -0.3 is 14.8 Å². The lowest BCUT2D eigenvalue weighted by molar-refractivity contribution is -0.143. The average Bonchev–Trinajstić information content (AvgIpc) is 2.49. The predicted molar refractivity (Wildman–Crippen MR) is 88.3 cm³/mol. The Morgan fingerprint density at radius 3 is 2.13 bits per heavy atom. The van der Waals surface area contributed by atoms with E-state index >= 15 is 0 Å². The van der Waals surface area contributed by atoms with Crippen LogP contribution in [0.3, 0.4) is 0 Å². The number of benzene rings is 1. The van der Waals surface area contributed by atoms with Crippen LogP contribution in [0, 0.1) is 0 Å². The molecule has 0 unspecified atom stereocenters. The molecule has 0 saturated heterocycles. The van der Waals surface area contributed by atoms with Crippen LogP contribution in [0.1, 0.15) is 56.5 Å². The third-order valence-corrected chi connectivity index (χ3v) is 3.59. The van der Waals surface area contributed by atoms with Crippen molar-refractivity contribution >= 4 is 17.7 Å². The van der Waals surface area contributed by atoms with Crippen molar-refractivity contribution < 1.29 is 19.1 Å². The third-order valence-electron chi connectivity index (χ3n) is 3.59. The van der Waals surface area contributed by atoms with Crippen molar-refractivity contribution in [3.8, 4) is 0 Å². The van der Waals surface area contributed by atoms with E-state index in [0.717, 1.165) is 5.56 Å². The van der Waals surface area contributed by atoms with Crippen molar-refractivity contribution in [2.45, 2.75) is 52.0 Å². The average molecular weight is 319 g/mol. The van der Waals surface area contributed by atoms with E-state index in [-0.39, 0.29) is 29.9 Å². The molecular weight excluding hydrogens is 294 g/mol. The summed E-state index contributed by atoms with van der Waals surface area (Å²) in [5.41, 5.74) is 1.59. The van der Waals surface area contributed by atoms with Gasteiger partial charge >= 0.3 is 5.97 Å². The maximum atomic E-state index is 12.3. The van der Waals surface area contributed by atoms with Crippen molar-refractivity contribution in [3.63, 3.8) is 0 Å². The SMILES string of the molecule is COC(=O)[C@H](CCC(C)=O)NC(=O)c1ccc(C(C)(C)C)cc1. The molecule has 0 aromatic heterocycles. The third kappa shape index (κ3) is 5.85. The second-order valence-electron chi connectivity index (χ2n) is 6.62. The Labute approximate surface area is 137 Å². The number of hydrogen-bond donors (Lipinski definition) is 1. The first-order valence-corrected chi connectivity index (χ1v) is 7.64. The Kier molecular flexibility index (Phi) is 6.49. The zero-order valence-electron chi connectivity index (χ0n) is 14.4. The van der Waals surface area contributed by atoms with Crippen LogP contribution in [-0.2, 0) is 19.7 Å². The number of methoxy groups -OCH3 is 1. The lowest BCUT2D eigenvalue weighted by Crippen LogP contribution is -2.41. The minimum Gasteiger partial charge on any atom is -0.467 e. The summed E-state index contributed by atoms with van der Waals surface area (Å²) >= 11 is 0. The second-order valence-corrected chi connectivity index (χ2v) is 6.62. The molecule has 0 saturated carbocycles. The van der Waals surface area contributed by atoms with Crippen LogP contribution >= 0.6 is 0 Å². The highest BCUT2D eigenvalue weighted by Gasteiger charge is 2.22. The summed E-state index contributed by atoms with van der Waals surface area (Å²) in [6.07, 6.45) is 0.441. The van der Waals surface area contributed by atoms with Crippen LogP contribution in [0.4, 0.5) is 0 Å². The Hall–Kier alpha value is -2.17. The first-order chi connectivity index (χ1) is 10.6. The van der Waals surface area contributed by atoms with Gasteiger partial charge in [-0.05, 0) is 36.5 Å². The zero-order chi connectivity index (χ0) is 17.6. The quantitative estimate of drug-likeness (QED) is 0.818. The predicted octanol–water partition coefficient (Wildman–Crippen LogP) is 2.62. The number of ether oxygens (including phenoxy) is 1. The number of carbonyl (C=O) groups excluding carboxylic acids is 3. The summed E-state index contributed by atoms with van der Waals surface area (Å²) in [6.45, 7) is 7.73. The fourth-order valence-electron chi connectivity index (χ4n) is 2.10. The molecule has 5 heteroatoms. The monoisotopic (exact) mass is 319 g/mol. The van der Waals surface area contributed by atoms with Crippen molar-refractivity contribution in [1.82, 2.24) is 5.32 Å². The van der Waals surface area contributed by atoms with E-state index in [1.807, 2.05) is 12.1 Å². The van der Waals surface area contributed by atoms with E-state index in [2.05, 4.69) is 30.8 Å². The number of ketones is 1. The van der Waals surface area contributed by atoms with Crippen molar-refractivity contribution in [3.05, 3.63) is 35.4 Å². The Morgan fingerprint density at radius 1 is 1.13 bits per heavy atom. The molecule has 1 rings (SSSR count). The van der Waals surface area contributed by atoms with Gasteiger partial charge in [0.2, 0.25) is 0 Å². The van der Waals surface area contributed by atoms with Gasteiger partial charge in [-0.15, -0.1) is 0 Å². The molecule has 1 amide bonds. The second kappa shape index (κ2) is 7.90. The molecule has 1 aromatic carbocycles. The summed E-state index contributed by atoms with van der Waals surface area (Å²) in [5.74, 6) is -0.946. The lowest BCUT2D eigenvalue weighted by atomic mass is 9.86. The van der Waals surface area contributed by atoms with Crippen LogP contribution in [0.2, 0.25) is 0 Å². The molecular formula is C18H25NO4. The standard InChI is InChI=1S/C18H25NO4/c1-12(20)6-11-15(17(22)23-5)19-16(21)13-7-9-14(10-8-13)18(2,3)4/h7-10,15H,6,11H2,1-5H3,(H,19,21)/t15-/m0/s1. The number of esters is 1. The fraction of sp³-hybridized carbons (Fsp3) is 0.500. The highest BCUT2D eigenvalue weighted by molar-refractivity contribution is 5.96. The molecule has 1 aromatic rings. The normalized spacial score (nSPS) is 12.4. The van der Waals surface area contributed by atoms with Crippen molar-refractivity contribution in [1.29, 1.82) is 0 Å². The topological polar surface area (TPSA) is 72.5 Å². The van der Waals surface area contributed by atoms with Gasteiger partial charge in [0, 0.05) is 12.0 Å². The van der Waals surface area contributed by atoms with Gasteiger partial charge in [-0.3, -0.25) is 4.79 Å². The molecule has 5 nitrogen and oxygen atoms in total. The van der Waals surface area contributed by atoms with E-state index in [1.165, 1.54) is 14.0 Å². The maximum absolute atomic E-state index is 12.3. The summed E-state index contributed by atoms with van der Waals surface area (Å²) in [4.78, 5) is 35.1. The van der Waals surface area contributed by atoms with Crippen LogP contribution in [0.15, 0.2) is 24.3 Å². The Balaban J connectivity index is 2.81. The highest BCUT2D eigenvalue weighted by Crippen LogP contribution is 2.22. The molecule has 1 atom stereocenters. The number of Topliss-reactive ketones (excluding diaryl/α,β-unsaturated/α-hetero) is 1. The minimum absolute atomic E-state index is 0.00501. The van der Waals surface area contributed by atoms with Crippen molar-refractivity contribution in [2.24, 2.45) is 0 Å². The molecule has 23 heavy (non-hydrogen) atoms. The van der Waals surface area contributed by atoms with Gasteiger partial charge in [0.15, 0.2) is 0 Å². The number of nitrogens with one attached hydrogen (secondary N) is 1. The molecule has 0 aliphatic heterocycles. The van der Waals surface area contributed by atoms with E-state index in [4.69, 9.17) is 0 Å².